The molecule has 210 valence electrons. The van der Waals surface area contributed by atoms with Gasteiger partial charge in [0, 0.05) is 36.9 Å². The van der Waals surface area contributed by atoms with Gasteiger partial charge in [0.05, 0.1) is 29.0 Å². The quantitative estimate of drug-likeness (QED) is 0.328. The lowest BCUT2D eigenvalue weighted by atomic mass is 10.1. The third kappa shape index (κ3) is 6.15. The molecule has 4 rings (SSSR count). The molecule has 2 heterocycles. The third-order valence-electron chi connectivity index (χ3n) is 6.11. The Bertz CT molecular complexity index is 1730. The van der Waals surface area contributed by atoms with Crippen LogP contribution >= 0.6 is 0 Å². The van der Waals surface area contributed by atoms with Crippen molar-refractivity contribution in [2.24, 2.45) is 0 Å². The maximum atomic E-state index is 13.6. The van der Waals surface area contributed by atoms with Crippen LogP contribution in [0.3, 0.4) is 0 Å². The minimum absolute atomic E-state index is 0.0339. The lowest BCUT2D eigenvalue weighted by Gasteiger charge is -2.17. The minimum Gasteiger partial charge on any atom is -0.378 e. The summed E-state index contributed by atoms with van der Waals surface area (Å²) < 4.78 is 69.9. The molecule has 0 aliphatic rings. The number of nitrogens with zero attached hydrogens (tertiary/aromatic N) is 2. The van der Waals surface area contributed by atoms with Gasteiger partial charge in [-0.05, 0) is 48.9 Å². The molecule has 13 heteroatoms. The fourth-order valence-corrected chi connectivity index (χ4v) is 4.73. The van der Waals surface area contributed by atoms with Gasteiger partial charge in [-0.3, -0.25) is 14.2 Å². The predicted molar refractivity (Wildman–Crippen MR) is 141 cm³/mol. The van der Waals surface area contributed by atoms with Crippen LogP contribution in [-0.2, 0) is 33.9 Å². The lowest BCUT2D eigenvalue weighted by molar-refractivity contribution is -0.137. The molecule has 40 heavy (non-hydrogen) atoms. The van der Waals surface area contributed by atoms with Gasteiger partial charge in [-0.1, -0.05) is 18.2 Å². The summed E-state index contributed by atoms with van der Waals surface area (Å²) in [5.41, 5.74) is -0.417. The number of methoxy groups -OCH3 is 1. The SMILES string of the molecule is COCc1cnc(-c2cc(C(=O)NCc3ccc(S(C)(=O)=O)cc3)c(=O)n(-c3cccc(C(F)(F)F)c3)c2C)[nH]1. The number of amides is 1. The normalized spacial score (nSPS) is 11.9. The molecule has 0 unspecified atom stereocenters. The summed E-state index contributed by atoms with van der Waals surface area (Å²) in [5.74, 6) is -0.487. The molecule has 0 bridgehead atoms. The second-order valence-electron chi connectivity index (χ2n) is 9.03. The number of ether oxygens (including phenoxy) is 1. The van der Waals surface area contributed by atoms with Crippen LogP contribution in [0.1, 0.15) is 32.9 Å². The Morgan fingerprint density at radius 2 is 1.82 bits per heavy atom. The Kier molecular flexibility index (Phi) is 7.98. The number of carbonyl (C=O) groups excluding carboxylic acids is 1. The Hall–Kier alpha value is -4.23. The molecule has 4 aromatic rings. The molecule has 2 aromatic heterocycles. The van der Waals surface area contributed by atoms with Crippen molar-refractivity contribution in [1.82, 2.24) is 19.9 Å². The van der Waals surface area contributed by atoms with Crippen LogP contribution < -0.4 is 10.9 Å². The largest absolute Gasteiger partial charge is 0.416 e. The number of halogens is 3. The summed E-state index contributed by atoms with van der Waals surface area (Å²) in [6, 6.07) is 11.4. The van der Waals surface area contributed by atoms with E-state index in [1.54, 1.807) is 6.92 Å². The van der Waals surface area contributed by atoms with E-state index in [4.69, 9.17) is 4.74 Å². The number of rotatable bonds is 8. The number of imidazole rings is 1. The van der Waals surface area contributed by atoms with Crippen molar-refractivity contribution >= 4 is 15.7 Å². The molecule has 9 nitrogen and oxygen atoms in total. The average Bonchev–Trinajstić information content (AvgIpc) is 3.35. The summed E-state index contributed by atoms with van der Waals surface area (Å²) >= 11 is 0. The Morgan fingerprint density at radius 3 is 2.45 bits per heavy atom. The van der Waals surface area contributed by atoms with Gasteiger partial charge in [0.2, 0.25) is 0 Å². The first-order chi connectivity index (χ1) is 18.8. The van der Waals surface area contributed by atoms with E-state index in [0.29, 0.717) is 16.8 Å². The van der Waals surface area contributed by atoms with E-state index in [-0.39, 0.29) is 40.8 Å². The highest BCUT2D eigenvalue weighted by Gasteiger charge is 2.31. The molecule has 0 atom stereocenters. The second kappa shape index (κ2) is 11.1. The van der Waals surface area contributed by atoms with Gasteiger partial charge >= 0.3 is 6.18 Å². The lowest BCUT2D eigenvalue weighted by Crippen LogP contribution is -2.33. The number of carbonyl (C=O) groups is 1. The van der Waals surface area contributed by atoms with Crippen LogP contribution in [0.25, 0.3) is 17.1 Å². The summed E-state index contributed by atoms with van der Waals surface area (Å²) in [7, 11) is -1.90. The highest BCUT2D eigenvalue weighted by atomic mass is 32.2. The molecule has 0 saturated carbocycles. The molecule has 2 aromatic carbocycles. The minimum atomic E-state index is -4.64. The van der Waals surface area contributed by atoms with E-state index in [1.807, 2.05) is 0 Å². The monoisotopic (exact) mass is 574 g/mol. The first kappa shape index (κ1) is 28.8. The fourth-order valence-electron chi connectivity index (χ4n) is 4.10. The molecular formula is C27H25F3N4O5S. The van der Waals surface area contributed by atoms with E-state index in [2.05, 4.69) is 15.3 Å². The third-order valence-corrected chi connectivity index (χ3v) is 7.24. The highest BCUT2D eigenvalue weighted by Crippen LogP contribution is 2.31. The molecule has 0 aliphatic carbocycles. The molecule has 0 radical (unpaired) electrons. The van der Waals surface area contributed by atoms with E-state index < -0.39 is 33.0 Å². The van der Waals surface area contributed by atoms with Crippen molar-refractivity contribution in [3.63, 3.8) is 0 Å². The molecule has 0 aliphatic heterocycles. The molecule has 0 fully saturated rings. The number of benzene rings is 2. The van der Waals surface area contributed by atoms with Gasteiger partial charge in [0.25, 0.3) is 11.5 Å². The molecule has 1 amide bonds. The maximum absolute atomic E-state index is 13.6. The van der Waals surface area contributed by atoms with E-state index >= 15 is 0 Å². The van der Waals surface area contributed by atoms with Crippen LogP contribution in [0.5, 0.6) is 0 Å². The highest BCUT2D eigenvalue weighted by molar-refractivity contribution is 7.90. The smallest absolute Gasteiger partial charge is 0.378 e. The number of H-pyrrole nitrogens is 1. The van der Waals surface area contributed by atoms with Crippen molar-refractivity contribution in [2.75, 3.05) is 13.4 Å². The number of aromatic amines is 1. The van der Waals surface area contributed by atoms with Crippen LogP contribution in [0.2, 0.25) is 0 Å². The zero-order valence-corrected chi connectivity index (χ0v) is 22.5. The van der Waals surface area contributed by atoms with Gasteiger partial charge in [-0.25, -0.2) is 13.4 Å². The fraction of sp³-hybridized carbons (Fsp3) is 0.222. The standard InChI is InChI=1S/C27H25F3N4O5S/c1-16-22(24-31-14-19(33-24)15-39-2)12-23(25(35)32-13-17-7-9-21(10-8-17)40(3,37)38)26(36)34(16)20-6-4-5-18(11-20)27(28,29)30/h4-12,14H,13,15H2,1-3H3,(H,31,33)(H,32,35). The Labute approximate surface area is 227 Å². The van der Waals surface area contributed by atoms with Crippen LogP contribution in [-0.4, -0.2) is 42.2 Å². The summed E-state index contributed by atoms with van der Waals surface area (Å²) in [4.78, 5) is 34.2. The Morgan fingerprint density at radius 1 is 1.12 bits per heavy atom. The summed E-state index contributed by atoms with van der Waals surface area (Å²) in [5, 5.41) is 2.62. The van der Waals surface area contributed by atoms with Crippen molar-refractivity contribution in [3.8, 4) is 17.1 Å². The average molecular weight is 575 g/mol. The van der Waals surface area contributed by atoms with E-state index in [1.165, 1.54) is 55.8 Å². The molecule has 0 spiro atoms. The van der Waals surface area contributed by atoms with Gasteiger partial charge in [0.1, 0.15) is 11.4 Å². The van der Waals surface area contributed by atoms with Crippen LogP contribution in [0.4, 0.5) is 13.2 Å². The number of nitrogens with one attached hydrogen (secondary N) is 2. The number of sulfone groups is 1. The summed E-state index contributed by atoms with van der Waals surface area (Å²) in [6.45, 7) is 1.72. The molecular weight excluding hydrogens is 549 g/mol. The Balaban J connectivity index is 1.78. The second-order valence-corrected chi connectivity index (χ2v) is 11.1. The van der Waals surface area contributed by atoms with Crippen molar-refractivity contribution < 1.29 is 31.1 Å². The first-order valence-corrected chi connectivity index (χ1v) is 13.7. The molecule has 0 saturated heterocycles. The zero-order chi connectivity index (χ0) is 29.2. The number of hydrogen-bond donors (Lipinski definition) is 2. The maximum Gasteiger partial charge on any atom is 0.416 e. The predicted octanol–water partition coefficient (Wildman–Crippen LogP) is 4.03. The number of aromatic nitrogens is 3. The summed E-state index contributed by atoms with van der Waals surface area (Å²) in [6.07, 6.45) is -2.06. The number of hydrogen-bond acceptors (Lipinski definition) is 6. The number of pyridine rings is 1. The van der Waals surface area contributed by atoms with Gasteiger partial charge < -0.3 is 15.0 Å². The van der Waals surface area contributed by atoms with Crippen molar-refractivity contribution in [3.05, 3.63) is 99.2 Å². The topological polar surface area (TPSA) is 123 Å². The van der Waals surface area contributed by atoms with Crippen LogP contribution in [0, 0.1) is 6.92 Å². The van der Waals surface area contributed by atoms with Crippen molar-refractivity contribution in [2.45, 2.75) is 31.1 Å². The molecule has 2 N–H and O–H groups in total. The van der Waals surface area contributed by atoms with Crippen molar-refractivity contribution in [1.29, 1.82) is 0 Å². The van der Waals surface area contributed by atoms with Gasteiger partial charge in [-0.2, -0.15) is 13.2 Å². The van der Waals surface area contributed by atoms with E-state index in [0.717, 1.165) is 23.0 Å². The van der Waals surface area contributed by atoms with E-state index in [9.17, 15) is 31.2 Å². The zero-order valence-electron chi connectivity index (χ0n) is 21.7. The van der Waals surface area contributed by atoms with Crippen LogP contribution in [0.15, 0.2) is 70.5 Å². The first-order valence-electron chi connectivity index (χ1n) is 11.8. The number of alkyl halides is 3. The van der Waals surface area contributed by atoms with Gasteiger partial charge in [0.15, 0.2) is 9.84 Å². The van der Waals surface area contributed by atoms with Gasteiger partial charge in [-0.15, -0.1) is 0 Å².